The first kappa shape index (κ1) is 17.7. The van der Waals surface area contributed by atoms with Crippen LogP contribution in [0.5, 0.6) is 0 Å². The number of likely N-dealkylation sites (N-methyl/N-ethyl adjacent to an activating group) is 1. The zero-order chi connectivity index (χ0) is 19.0. The summed E-state index contributed by atoms with van der Waals surface area (Å²) in [6, 6.07) is 5.28. The van der Waals surface area contributed by atoms with Crippen molar-refractivity contribution >= 4 is 23.5 Å². The molecule has 0 spiro atoms. The number of nitrogens with one attached hydrogen (secondary N) is 1. The van der Waals surface area contributed by atoms with Gasteiger partial charge in [0.15, 0.2) is 0 Å². The van der Waals surface area contributed by atoms with Crippen molar-refractivity contribution in [2.75, 3.05) is 12.4 Å². The number of fused-ring (bicyclic) bond motifs is 1. The number of carbonyl (C=O) groups is 3. The Balaban J connectivity index is 1.82. The molecular weight excluding hydrogens is 343 g/mol. The molecule has 0 bridgehead atoms. The van der Waals surface area contributed by atoms with Gasteiger partial charge in [0.05, 0.1) is 12.5 Å². The van der Waals surface area contributed by atoms with Gasteiger partial charge < -0.3 is 19.7 Å². The van der Waals surface area contributed by atoms with E-state index in [1.54, 1.807) is 0 Å². The minimum Gasteiger partial charge on any atom is -0.478 e. The normalized spacial score (nSPS) is 16.0. The van der Waals surface area contributed by atoms with Gasteiger partial charge in [0.2, 0.25) is 11.8 Å². The maximum Gasteiger partial charge on any atom is 0.339 e. The molecule has 8 heteroatoms. The summed E-state index contributed by atoms with van der Waals surface area (Å²) in [6.07, 6.45) is -0.0423. The molecule has 2 aromatic rings. The van der Waals surface area contributed by atoms with Gasteiger partial charge in [0, 0.05) is 19.2 Å². The van der Waals surface area contributed by atoms with E-state index < -0.39 is 17.7 Å². The number of carbonyl (C=O) groups excluding carboxylic acids is 2. The Labute approximate surface area is 148 Å². The number of hydrogen-bond donors (Lipinski definition) is 2. The molecule has 2 heterocycles. The Kier molecular flexibility index (Phi) is 4.50. The molecule has 1 aliphatic heterocycles. The average Bonchev–Trinajstić information content (AvgIpc) is 2.93. The number of carboxylic acids is 1. The number of rotatable bonds is 4. The van der Waals surface area contributed by atoms with E-state index in [0.29, 0.717) is 11.3 Å². The fourth-order valence-electron chi connectivity index (χ4n) is 3.07. The van der Waals surface area contributed by atoms with Crippen LogP contribution >= 0.6 is 0 Å². The number of anilines is 1. The van der Waals surface area contributed by atoms with Crippen molar-refractivity contribution in [2.24, 2.45) is 0 Å². The van der Waals surface area contributed by atoms with Crippen LogP contribution < -0.4 is 5.32 Å². The lowest BCUT2D eigenvalue weighted by atomic mass is 9.89. The van der Waals surface area contributed by atoms with E-state index in [1.807, 2.05) is 0 Å². The Hall–Kier alpha value is -3.16. The maximum atomic E-state index is 13.4. The minimum absolute atomic E-state index is 0.0405. The second kappa shape index (κ2) is 6.62. The Morgan fingerprint density at radius 1 is 1.38 bits per heavy atom. The third-order valence-electron chi connectivity index (χ3n) is 4.32. The number of halogens is 1. The molecule has 0 fully saturated rings. The predicted octanol–water partition coefficient (Wildman–Crippen LogP) is 2.51. The van der Waals surface area contributed by atoms with Crippen molar-refractivity contribution in [3.05, 3.63) is 52.7 Å². The molecule has 0 unspecified atom stereocenters. The summed E-state index contributed by atoms with van der Waals surface area (Å²) in [4.78, 5) is 37.1. The summed E-state index contributed by atoms with van der Waals surface area (Å²) in [7, 11) is 1.54. The van der Waals surface area contributed by atoms with Crippen molar-refractivity contribution in [3.63, 3.8) is 0 Å². The minimum atomic E-state index is -1.11. The Bertz CT molecular complexity index is 905. The maximum absolute atomic E-state index is 13.4. The fraction of sp³-hybridized carbons (Fsp3) is 0.278. The molecule has 2 amide bonds. The molecule has 1 aromatic heterocycles. The van der Waals surface area contributed by atoms with Crippen LogP contribution in [0.3, 0.4) is 0 Å². The zero-order valence-electron chi connectivity index (χ0n) is 14.2. The van der Waals surface area contributed by atoms with E-state index in [4.69, 9.17) is 9.52 Å². The van der Waals surface area contributed by atoms with E-state index in [0.717, 1.165) is 0 Å². The summed E-state index contributed by atoms with van der Waals surface area (Å²) in [5.41, 5.74) is 0.874. The van der Waals surface area contributed by atoms with Gasteiger partial charge in [-0.1, -0.05) is 6.07 Å². The van der Waals surface area contributed by atoms with Crippen molar-refractivity contribution in [2.45, 2.75) is 25.8 Å². The van der Waals surface area contributed by atoms with Gasteiger partial charge in [-0.3, -0.25) is 9.59 Å². The van der Waals surface area contributed by atoms with Crippen LogP contribution in [0.4, 0.5) is 10.1 Å². The predicted molar refractivity (Wildman–Crippen MR) is 89.3 cm³/mol. The summed E-state index contributed by atoms with van der Waals surface area (Å²) in [5.74, 6) is -2.46. The number of hydrogen-bond acceptors (Lipinski definition) is 4. The third kappa shape index (κ3) is 3.30. The lowest BCUT2D eigenvalue weighted by Crippen LogP contribution is -2.36. The monoisotopic (exact) mass is 360 g/mol. The standard InChI is InChI=1S/C18H17FN2O5/c1-9-13(18(24)25)6-11(26-9)8-21(2)17(23)14-7-16(22)20-15-5-10(19)3-4-12(14)15/h3-6,14H,7-8H2,1-2H3,(H,20,22)(H,24,25)/t14-/m0/s1. The highest BCUT2D eigenvalue weighted by molar-refractivity contribution is 6.01. The molecule has 0 saturated heterocycles. The highest BCUT2D eigenvalue weighted by atomic mass is 19.1. The van der Waals surface area contributed by atoms with Crippen molar-refractivity contribution in [3.8, 4) is 0 Å². The first-order valence-corrected chi connectivity index (χ1v) is 7.93. The largest absolute Gasteiger partial charge is 0.478 e. The number of carboxylic acid groups (broad SMARTS) is 1. The highest BCUT2D eigenvalue weighted by Crippen LogP contribution is 2.34. The molecule has 7 nitrogen and oxygen atoms in total. The van der Waals surface area contributed by atoms with Gasteiger partial charge in [-0.2, -0.15) is 0 Å². The lowest BCUT2D eigenvalue weighted by molar-refractivity contribution is -0.134. The molecule has 136 valence electrons. The first-order chi connectivity index (χ1) is 12.3. The Morgan fingerprint density at radius 2 is 2.12 bits per heavy atom. The number of furan rings is 1. The van der Waals surface area contributed by atoms with Crippen LogP contribution in [-0.2, 0) is 16.1 Å². The molecular formula is C18H17FN2O5. The molecule has 1 aliphatic rings. The van der Waals surface area contributed by atoms with E-state index in [1.165, 1.54) is 43.1 Å². The number of amides is 2. The molecule has 0 radical (unpaired) electrons. The number of benzene rings is 1. The quantitative estimate of drug-likeness (QED) is 0.873. The molecule has 0 saturated carbocycles. The fourth-order valence-corrected chi connectivity index (χ4v) is 3.07. The van der Waals surface area contributed by atoms with Crippen LogP contribution in [0, 0.1) is 12.7 Å². The van der Waals surface area contributed by atoms with Gasteiger partial charge >= 0.3 is 5.97 Å². The SMILES string of the molecule is Cc1oc(CN(C)C(=O)[C@H]2CC(=O)Nc3cc(F)ccc32)cc1C(=O)O. The number of nitrogens with zero attached hydrogens (tertiary/aromatic N) is 1. The van der Waals surface area contributed by atoms with Crippen LogP contribution in [0.1, 0.15) is 39.8 Å². The smallest absolute Gasteiger partial charge is 0.339 e. The number of aryl methyl sites for hydroxylation is 1. The molecule has 1 atom stereocenters. The summed E-state index contributed by atoms with van der Waals surface area (Å²) in [5, 5.41) is 11.6. The second-order valence-electron chi connectivity index (χ2n) is 6.22. The van der Waals surface area contributed by atoms with Gasteiger partial charge in [0.1, 0.15) is 22.9 Å². The molecule has 3 rings (SSSR count). The van der Waals surface area contributed by atoms with Crippen LogP contribution in [-0.4, -0.2) is 34.8 Å². The number of aromatic carboxylic acids is 1. The molecule has 1 aromatic carbocycles. The van der Waals surface area contributed by atoms with E-state index in [9.17, 15) is 18.8 Å². The zero-order valence-corrected chi connectivity index (χ0v) is 14.2. The average molecular weight is 360 g/mol. The lowest BCUT2D eigenvalue weighted by Gasteiger charge is -2.28. The second-order valence-corrected chi connectivity index (χ2v) is 6.22. The summed E-state index contributed by atoms with van der Waals surface area (Å²) >= 11 is 0. The molecule has 2 N–H and O–H groups in total. The molecule has 0 aliphatic carbocycles. The summed E-state index contributed by atoms with van der Waals surface area (Å²) in [6.45, 7) is 1.59. The van der Waals surface area contributed by atoms with E-state index in [-0.39, 0.29) is 41.8 Å². The van der Waals surface area contributed by atoms with Crippen LogP contribution in [0.15, 0.2) is 28.7 Å². The summed E-state index contributed by atoms with van der Waals surface area (Å²) < 4.78 is 18.8. The van der Waals surface area contributed by atoms with E-state index >= 15 is 0 Å². The van der Waals surface area contributed by atoms with Crippen molar-refractivity contribution < 1.29 is 28.3 Å². The topological polar surface area (TPSA) is 99.9 Å². The van der Waals surface area contributed by atoms with Gasteiger partial charge in [0.25, 0.3) is 0 Å². The van der Waals surface area contributed by atoms with Gasteiger partial charge in [-0.15, -0.1) is 0 Å². The van der Waals surface area contributed by atoms with Crippen molar-refractivity contribution in [1.29, 1.82) is 0 Å². The Morgan fingerprint density at radius 3 is 2.77 bits per heavy atom. The van der Waals surface area contributed by atoms with Crippen molar-refractivity contribution in [1.82, 2.24) is 4.90 Å². The molecule has 26 heavy (non-hydrogen) atoms. The van der Waals surface area contributed by atoms with Crippen LogP contribution in [0.2, 0.25) is 0 Å². The van der Waals surface area contributed by atoms with Gasteiger partial charge in [-0.25, -0.2) is 9.18 Å². The van der Waals surface area contributed by atoms with Gasteiger partial charge in [-0.05, 0) is 30.7 Å². The highest BCUT2D eigenvalue weighted by Gasteiger charge is 2.33. The first-order valence-electron chi connectivity index (χ1n) is 7.93. The van der Waals surface area contributed by atoms with E-state index in [2.05, 4.69) is 5.32 Å². The third-order valence-corrected chi connectivity index (χ3v) is 4.32. The van der Waals surface area contributed by atoms with Crippen LogP contribution in [0.25, 0.3) is 0 Å².